The standard InChI is InChI=1S/C62H65N4O.Pt/c1-58(2,3)44-24-27-55-54(37-44)53-26-25-51(40-56(53)66(55)57-38-45(28-29-63-57)59(4,5)6)67-52-36-46(60(7,8)9)33-50(39-52)65-31-30-64(41-65)49-34-47(61(10,11)42-20-16-14-17-21-42)32-48(35-49)62(12,13)43-22-18-15-19-23-43;/h14-38,41H,1-13H3;/q-3;. The third-order valence-corrected chi connectivity index (χ3v) is 13.8. The number of rotatable bonds is 9. The molecule has 9 rings (SSSR count). The third kappa shape index (κ3) is 9.44. The Morgan fingerprint density at radius 1 is 0.471 bits per heavy atom. The van der Waals surface area contributed by atoms with Crippen LogP contribution < -0.4 is 14.5 Å². The van der Waals surface area contributed by atoms with E-state index in [4.69, 9.17) is 9.72 Å². The third-order valence-electron chi connectivity index (χ3n) is 13.8. The number of pyridine rings is 1. The van der Waals surface area contributed by atoms with Gasteiger partial charge in [0.25, 0.3) is 0 Å². The summed E-state index contributed by atoms with van der Waals surface area (Å²) in [5, 5.41) is 2.27. The van der Waals surface area contributed by atoms with Gasteiger partial charge >= 0.3 is 0 Å². The number of hydrogen-bond acceptors (Lipinski definition) is 4. The van der Waals surface area contributed by atoms with Crippen LogP contribution in [0.1, 0.15) is 129 Å². The Morgan fingerprint density at radius 3 is 1.63 bits per heavy atom. The molecule has 0 saturated carbocycles. The Kier molecular flexibility index (Phi) is 12.8. The molecular weight excluding hydrogens is 1010 g/mol. The van der Waals surface area contributed by atoms with E-state index >= 15 is 0 Å². The van der Waals surface area contributed by atoms with Gasteiger partial charge in [0.05, 0.1) is 0 Å². The number of anilines is 2. The predicted molar refractivity (Wildman–Crippen MR) is 281 cm³/mol. The van der Waals surface area contributed by atoms with Crippen molar-refractivity contribution in [2.45, 2.75) is 117 Å². The molecule has 0 unspecified atom stereocenters. The largest absolute Gasteiger partial charge is 0.509 e. The van der Waals surface area contributed by atoms with E-state index in [0.717, 1.165) is 39.2 Å². The minimum atomic E-state index is -0.236. The normalized spacial score (nSPS) is 13.7. The molecule has 3 heterocycles. The second-order valence-electron chi connectivity index (χ2n) is 22.5. The molecule has 0 atom stereocenters. The van der Waals surface area contributed by atoms with Crippen molar-refractivity contribution >= 4 is 33.2 Å². The zero-order chi connectivity index (χ0) is 47.7. The first-order chi connectivity index (χ1) is 31.6. The molecule has 0 spiro atoms. The number of hydrogen-bond donors (Lipinski definition) is 0. The van der Waals surface area contributed by atoms with Gasteiger partial charge in [0.1, 0.15) is 5.82 Å². The van der Waals surface area contributed by atoms with Crippen LogP contribution >= 0.6 is 0 Å². The van der Waals surface area contributed by atoms with Gasteiger partial charge in [-0.15, -0.1) is 53.6 Å². The molecule has 0 amide bonds. The van der Waals surface area contributed by atoms with E-state index in [0.29, 0.717) is 11.5 Å². The van der Waals surface area contributed by atoms with Crippen molar-refractivity contribution in [3.63, 3.8) is 0 Å². The van der Waals surface area contributed by atoms with Crippen LogP contribution in [-0.2, 0) is 48.1 Å². The minimum Gasteiger partial charge on any atom is -0.509 e. The van der Waals surface area contributed by atoms with E-state index in [1.165, 1.54) is 38.8 Å². The summed E-state index contributed by atoms with van der Waals surface area (Å²) in [6.07, 6.45) is 6.17. The summed E-state index contributed by atoms with van der Waals surface area (Å²) < 4.78 is 9.08. The van der Waals surface area contributed by atoms with Crippen molar-refractivity contribution in [3.8, 4) is 17.3 Å². The van der Waals surface area contributed by atoms with E-state index < -0.39 is 0 Å². The summed E-state index contributed by atoms with van der Waals surface area (Å²) in [4.78, 5) is 9.31. The molecule has 352 valence electrons. The van der Waals surface area contributed by atoms with Crippen LogP contribution in [0.4, 0.5) is 11.4 Å². The zero-order valence-corrected chi connectivity index (χ0v) is 44.3. The summed E-state index contributed by atoms with van der Waals surface area (Å²) in [5.41, 5.74) is 12.0. The van der Waals surface area contributed by atoms with Gasteiger partial charge in [-0.2, -0.15) is 6.07 Å². The molecule has 0 N–H and O–H groups in total. The summed E-state index contributed by atoms with van der Waals surface area (Å²) in [6.45, 7) is 31.7. The van der Waals surface area contributed by atoms with Crippen LogP contribution in [0.15, 0.2) is 152 Å². The Labute approximate surface area is 420 Å². The van der Waals surface area contributed by atoms with E-state index in [-0.39, 0.29) is 48.1 Å². The topological polar surface area (TPSA) is 33.5 Å². The molecule has 68 heavy (non-hydrogen) atoms. The molecule has 0 aliphatic carbocycles. The van der Waals surface area contributed by atoms with Crippen LogP contribution in [0.25, 0.3) is 27.6 Å². The average Bonchev–Trinajstić information content (AvgIpc) is 3.92. The molecule has 6 heteroatoms. The summed E-state index contributed by atoms with van der Waals surface area (Å²) >= 11 is 0. The number of nitrogens with zero attached hydrogens (tertiary/aromatic N) is 4. The molecule has 6 aromatic carbocycles. The van der Waals surface area contributed by atoms with Gasteiger partial charge in [-0.3, -0.25) is 0 Å². The molecule has 2 aromatic heterocycles. The Morgan fingerprint density at radius 2 is 1.04 bits per heavy atom. The molecule has 5 nitrogen and oxygen atoms in total. The Balaban J connectivity index is 0.00000625. The maximum Gasteiger partial charge on any atom is 0.135 e. The van der Waals surface area contributed by atoms with Crippen LogP contribution in [0.5, 0.6) is 11.5 Å². The summed E-state index contributed by atoms with van der Waals surface area (Å²) in [6, 6.07) is 55.8. The van der Waals surface area contributed by atoms with Crippen molar-refractivity contribution in [2.24, 2.45) is 0 Å². The van der Waals surface area contributed by atoms with E-state index in [1.807, 2.05) is 12.3 Å². The minimum absolute atomic E-state index is 0. The van der Waals surface area contributed by atoms with E-state index in [9.17, 15) is 0 Å². The van der Waals surface area contributed by atoms with Crippen LogP contribution in [0.3, 0.4) is 0 Å². The first-order valence-electron chi connectivity index (χ1n) is 23.7. The van der Waals surface area contributed by atoms with Gasteiger partial charge in [0.15, 0.2) is 0 Å². The van der Waals surface area contributed by atoms with Gasteiger partial charge in [0.2, 0.25) is 0 Å². The quantitative estimate of drug-likeness (QED) is 0.135. The fourth-order valence-electron chi connectivity index (χ4n) is 9.14. The fourth-order valence-corrected chi connectivity index (χ4v) is 9.14. The second kappa shape index (κ2) is 17.9. The maximum atomic E-state index is 6.84. The first kappa shape index (κ1) is 48.6. The van der Waals surface area contributed by atoms with Crippen LogP contribution in [0, 0.1) is 18.8 Å². The molecule has 0 radical (unpaired) electrons. The molecule has 0 bridgehead atoms. The molecule has 1 aliphatic rings. The SMILES string of the molecule is CC(C)(C)c1cc(Oc2[c-]c3c(cc2)c2cc(C(C)(C)C)ccc2n3-c2cc(C(C)(C)C)ccn2)[c-]c(N2C=CN(c3cc(C(C)(C)c4ccccc4)cc(C(C)(C)c4ccccc4)c3)[CH-]2)c1.[Pt]. The summed E-state index contributed by atoms with van der Waals surface area (Å²) in [7, 11) is 0. The summed E-state index contributed by atoms with van der Waals surface area (Å²) in [5.74, 6) is 2.10. The second-order valence-corrected chi connectivity index (χ2v) is 22.5. The molecule has 1 aliphatic heterocycles. The molecular formula is C62H65N4OPt-3. The van der Waals surface area contributed by atoms with Crippen molar-refractivity contribution in [1.82, 2.24) is 9.55 Å². The van der Waals surface area contributed by atoms with E-state index in [1.54, 1.807) is 0 Å². The number of aromatic nitrogens is 2. The Bertz CT molecular complexity index is 3070. The van der Waals surface area contributed by atoms with Crippen LogP contribution in [-0.4, -0.2) is 9.55 Å². The van der Waals surface area contributed by atoms with Crippen molar-refractivity contribution in [2.75, 3.05) is 9.80 Å². The maximum absolute atomic E-state index is 6.84. The Hall–Kier alpha value is -5.90. The smallest absolute Gasteiger partial charge is 0.135 e. The van der Waals surface area contributed by atoms with Gasteiger partial charge < -0.3 is 19.1 Å². The van der Waals surface area contributed by atoms with Crippen molar-refractivity contribution in [1.29, 1.82) is 0 Å². The fraction of sp³-hybridized carbons (Fsp3) is 0.290. The van der Waals surface area contributed by atoms with Gasteiger partial charge in [-0.25, -0.2) is 4.98 Å². The van der Waals surface area contributed by atoms with Crippen molar-refractivity contribution < 1.29 is 25.8 Å². The average molecular weight is 1080 g/mol. The van der Waals surface area contributed by atoms with Gasteiger partial charge in [-0.05, 0) is 97.7 Å². The first-order valence-corrected chi connectivity index (χ1v) is 23.7. The monoisotopic (exact) mass is 1080 g/mol. The van der Waals surface area contributed by atoms with Gasteiger partial charge in [-0.1, -0.05) is 174 Å². The van der Waals surface area contributed by atoms with E-state index in [2.05, 4.69) is 263 Å². The molecule has 8 aromatic rings. The van der Waals surface area contributed by atoms with Crippen LogP contribution in [0.2, 0.25) is 0 Å². The molecule has 0 fully saturated rings. The number of ether oxygens (including phenoxy) is 1. The number of benzene rings is 6. The van der Waals surface area contributed by atoms with Gasteiger partial charge in [0, 0.05) is 60.8 Å². The van der Waals surface area contributed by atoms with Crippen molar-refractivity contribution in [3.05, 3.63) is 210 Å². The number of fused-ring (bicyclic) bond motifs is 3. The molecule has 0 saturated heterocycles. The zero-order valence-electron chi connectivity index (χ0n) is 42.0. The predicted octanol–water partition coefficient (Wildman–Crippen LogP) is 16.0.